The van der Waals surface area contributed by atoms with Gasteiger partial charge in [0, 0.05) is 17.8 Å². The van der Waals surface area contributed by atoms with Crippen molar-refractivity contribution < 1.29 is 8.42 Å². The fraction of sp³-hybridized carbons (Fsp3) is 0.267. The molecule has 0 bridgehead atoms. The Labute approximate surface area is 118 Å². The summed E-state index contributed by atoms with van der Waals surface area (Å²) in [7, 11) is -3.56. The zero-order chi connectivity index (χ0) is 14.4. The minimum atomic E-state index is -3.56. The molecule has 0 radical (unpaired) electrons. The SMILES string of the molecule is CC1C=CC=CC1(C)S(=O)(=O)n1ccc2ccncc21. The third-order valence-corrected chi connectivity index (χ3v) is 6.57. The number of fused-ring (bicyclic) bond motifs is 1. The maximum Gasteiger partial charge on any atom is 0.248 e. The summed E-state index contributed by atoms with van der Waals surface area (Å²) in [5.41, 5.74) is 0.615. The highest BCUT2D eigenvalue weighted by molar-refractivity contribution is 7.91. The average molecular weight is 288 g/mol. The van der Waals surface area contributed by atoms with Crippen LogP contribution in [0.5, 0.6) is 0 Å². The molecular formula is C15H16N2O2S. The summed E-state index contributed by atoms with van der Waals surface area (Å²) in [6.45, 7) is 3.68. The van der Waals surface area contributed by atoms with E-state index in [2.05, 4.69) is 4.98 Å². The molecule has 5 heteroatoms. The lowest BCUT2D eigenvalue weighted by Crippen LogP contribution is -2.43. The van der Waals surface area contributed by atoms with Crippen LogP contribution in [0, 0.1) is 5.92 Å². The predicted molar refractivity (Wildman–Crippen MR) is 79.9 cm³/mol. The number of nitrogens with zero attached hydrogens (tertiary/aromatic N) is 2. The molecule has 104 valence electrons. The summed E-state index contributed by atoms with van der Waals surface area (Å²) in [5.74, 6) is -0.0911. The first-order valence-corrected chi connectivity index (χ1v) is 7.93. The van der Waals surface area contributed by atoms with E-state index in [0.717, 1.165) is 5.39 Å². The smallest absolute Gasteiger partial charge is 0.248 e. The molecule has 20 heavy (non-hydrogen) atoms. The lowest BCUT2D eigenvalue weighted by molar-refractivity contribution is 0.507. The average Bonchev–Trinajstić information content (AvgIpc) is 2.86. The standard InChI is InChI=1S/C15H16N2O2S/c1-12-5-3-4-8-15(12,2)20(18,19)17-10-7-13-6-9-16-11-14(13)17/h3-12H,1-2H3. The van der Waals surface area contributed by atoms with Crippen molar-refractivity contribution >= 4 is 20.9 Å². The molecule has 0 saturated heterocycles. The minimum Gasteiger partial charge on any atom is -0.262 e. The van der Waals surface area contributed by atoms with E-state index in [1.807, 2.05) is 25.1 Å². The van der Waals surface area contributed by atoms with Gasteiger partial charge in [-0.3, -0.25) is 4.98 Å². The molecule has 2 aromatic heterocycles. The molecule has 2 aromatic rings. The van der Waals surface area contributed by atoms with E-state index in [9.17, 15) is 8.42 Å². The number of hydrogen-bond donors (Lipinski definition) is 0. The molecular weight excluding hydrogens is 272 g/mol. The second-order valence-electron chi connectivity index (χ2n) is 5.27. The van der Waals surface area contributed by atoms with Crippen LogP contribution >= 0.6 is 0 Å². The molecule has 2 atom stereocenters. The van der Waals surface area contributed by atoms with Crippen LogP contribution in [0.1, 0.15) is 13.8 Å². The van der Waals surface area contributed by atoms with E-state index in [1.165, 1.54) is 3.97 Å². The lowest BCUT2D eigenvalue weighted by Gasteiger charge is -2.32. The van der Waals surface area contributed by atoms with Gasteiger partial charge in [-0.1, -0.05) is 31.2 Å². The Hall–Kier alpha value is -1.88. The van der Waals surface area contributed by atoms with Gasteiger partial charge in [0.1, 0.15) is 4.75 Å². The van der Waals surface area contributed by atoms with Crippen molar-refractivity contribution in [1.29, 1.82) is 0 Å². The Morgan fingerprint density at radius 3 is 2.85 bits per heavy atom. The molecule has 0 aliphatic heterocycles. The summed E-state index contributed by atoms with van der Waals surface area (Å²) in [6.07, 6.45) is 12.2. The zero-order valence-electron chi connectivity index (χ0n) is 11.4. The van der Waals surface area contributed by atoms with E-state index in [-0.39, 0.29) is 5.92 Å². The van der Waals surface area contributed by atoms with E-state index >= 15 is 0 Å². The van der Waals surface area contributed by atoms with E-state index < -0.39 is 14.8 Å². The maximum absolute atomic E-state index is 13.0. The highest BCUT2D eigenvalue weighted by Gasteiger charge is 2.43. The molecule has 3 rings (SSSR count). The van der Waals surface area contributed by atoms with Crippen LogP contribution in [-0.4, -0.2) is 22.1 Å². The highest BCUT2D eigenvalue weighted by Crippen LogP contribution is 2.35. The molecule has 2 heterocycles. The Morgan fingerprint density at radius 1 is 1.30 bits per heavy atom. The Bertz CT molecular complexity index is 817. The summed E-state index contributed by atoms with van der Waals surface area (Å²) in [5, 5.41) is 0.871. The van der Waals surface area contributed by atoms with Crippen molar-refractivity contribution in [2.75, 3.05) is 0 Å². The molecule has 1 aliphatic carbocycles. The van der Waals surface area contributed by atoms with Crippen molar-refractivity contribution in [3.8, 4) is 0 Å². The largest absolute Gasteiger partial charge is 0.262 e. The molecule has 0 amide bonds. The van der Waals surface area contributed by atoms with Crippen molar-refractivity contribution in [2.45, 2.75) is 18.6 Å². The Morgan fingerprint density at radius 2 is 2.10 bits per heavy atom. The second kappa shape index (κ2) is 4.31. The summed E-state index contributed by atoms with van der Waals surface area (Å²) in [6, 6.07) is 3.61. The van der Waals surface area contributed by atoms with E-state index in [0.29, 0.717) is 5.52 Å². The molecule has 2 unspecified atom stereocenters. The molecule has 0 N–H and O–H groups in total. The second-order valence-corrected chi connectivity index (χ2v) is 7.49. The van der Waals surface area contributed by atoms with Crippen LogP contribution in [-0.2, 0) is 10.0 Å². The van der Waals surface area contributed by atoms with Crippen molar-refractivity contribution in [2.24, 2.45) is 5.92 Å². The normalized spacial score (nSPS) is 26.2. The number of hydrogen-bond acceptors (Lipinski definition) is 3. The molecule has 0 spiro atoms. The first-order valence-electron chi connectivity index (χ1n) is 6.49. The van der Waals surface area contributed by atoms with Crippen molar-refractivity contribution in [3.05, 3.63) is 55.0 Å². The topological polar surface area (TPSA) is 52.0 Å². The minimum absolute atomic E-state index is 0.0911. The summed E-state index contributed by atoms with van der Waals surface area (Å²) in [4.78, 5) is 4.03. The number of aromatic nitrogens is 2. The zero-order valence-corrected chi connectivity index (χ0v) is 12.2. The fourth-order valence-corrected chi connectivity index (χ4v) is 4.37. The molecule has 0 saturated carbocycles. The van der Waals surface area contributed by atoms with Gasteiger partial charge < -0.3 is 0 Å². The molecule has 0 fully saturated rings. The summed E-state index contributed by atoms with van der Waals surface area (Å²) >= 11 is 0. The summed E-state index contributed by atoms with van der Waals surface area (Å²) < 4.78 is 26.5. The van der Waals surface area contributed by atoms with Crippen molar-refractivity contribution in [1.82, 2.24) is 8.96 Å². The highest BCUT2D eigenvalue weighted by atomic mass is 32.2. The predicted octanol–water partition coefficient (Wildman–Crippen LogP) is 2.74. The first kappa shape index (κ1) is 13.1. The monoisotopic (exact) mass is 288 g/mol. The van der Waals surface area contributed by atoms with Gasteiger partial charge in [0.15, 0.2) is 0 Å². The van der Waals surface area contributed by atoms with Crippen molar-refractivity contribution in [3.63, 3.8) is 0 Å². The van der Waals surface area contributed by atoms with Crippen LogP contribution in [0.25, 0.3) is 10.9 Å². The van der Waals surface area contributed by atoms with Gasteiger partial charge in [0.2, 0.25) is 10.0 Å². The number of allylic oxidation sites excluding steroid dienone is 3. The van der Waals surface area contributed by atoms with Crippen LogP contribution in [0.2, 0.25) is 0 Å². The van der Waals surface area contributed by atoms with Crippen LogP contribution in [0.3, 0.4) is 0 Å². The van der Waals surface area contributed by atoms with E-state index in [1.54, 1.807) is 43.7 Å². The maximum atomic E-state index is 13.0. The fourth-order valence-electron chi connectivity index (χ4n) is 2.51. The van der Waals surface area contributed by atoms with Crippen LogP contribution in [0.15, 0.2) is 55.0 Å². The molecule has 0 aromatic carbocycles. The van der Waals surface area contributed by atoms with Gasteiger partial charge in [0.05, 0.1) is 11.7 Å². The van der Waals surface area contributed by atoms with Gasteiger partial charge in [-0.05, 0) is 25.0 Å². The van der Waals surface area contributed by atoms with E-state index in [4.69, 9.17) is 0 Å². The first-order chi connectivity index (χ1) is 9.47. The van der Waals surface area contributed by atoms with Gasteiger partial charge in [-0.25, -0.2) is 12.4 Å². The van der Waals surface area contributed by atoms with Gasteiger partial charge in [-0.15, -0.1) is 0 Å². The van der Waals surface area contributed by atoms with Crippen LogP contribution < -0.4 is 0 Å². The molecule has 4 nitrogen and oxygen atoms in total. The Kier molecular flexibility index (Phi) is 2.83. The quantitative estimate of drug-likeness (QED) is 0.853. The third-order valence-electron chi connectivity index (χ3n) is 4.12. The Balaban J connectivity index is 2.22. The lowest BCUT2D eigenvalue weighted by atomic mass is 9.91. The van der Waals surface area contributed by atoms with Crippen LogP contribution in [0.4, 0.5) is 0 Å². The third kappa shape index (κ3) is 1.66. The van der Waals surface area contributed by atoms with Gasteiger partial charge in [-0.2, -0.15) is 0 Å². The number of pyridine rings is 1. The molecule has 1 aliphatic rings. The number of rotatable bonds is 2. The van der Waals surface area contributed by atoms with Gasteiger partial charge >= 0.3 is 0 Å². The van der Waals surface area contributed by atoms with Gasteiger partial charge in [0.25, 0.3) is 0 Å².